The van der Waals surface area contributed by atoms with Crippen molar-refractivity contribution in [1.29, 1.82) is 0 Å². The average molecular weight is 383 g/mol. The second kappa shape index (κ2) is 8.88. The average Bonchev–Trinajstić information content (AvgIpc) is 2.57. The SMILES string of the molecule is O=S(=O)([O-])c1ccc(-n2nc([S-])sc2=S)cc1.[K+].[K+]. The van der Waals surface area contributed by atoms with Gasteiger partial charge in [0, 0.05) is 0 Å². The molecule has 90 valence electrons. The van der Waals surface area contributed by atoms with Gasteiger partial charge >= 0.3 is 103 Å². The summed E-state index contributed by atoms with van der Waals surface area (Å²) in [6.45, 7) is 0. The maximum atomic E-state index is 10.7. The number of hydrogen-bond donors (Lipinski definition) is 0. The molecule has 5 nitrogen and oxygen atoms in total. The number of aromatic nitrogens is 2. The first-order valence-electron chi connectivity index (χ1n) is 4.21. The molecule has 0 spiro atoms. The number of hydrogen-bond acceptors (Lipinski definition) is 7. The van der Waals surface area contributed by atoms with Crippen molar-refractivity contribution in [3.05, 3.63) is 28.2 Å². The molecule has 1 aromatic carbocycles. The maximum Gasteiger partial charge on any atom is 1.00 e. The molecule has 11 heteroatoms. The van der Waals surface area contributed by atoms with Crippen LogP contribution >= 0.6 is 23.6 Å². The van der Waals surface area contributed by atoms with E-state index in [1.807, 2.05) is 0 Å². The van der Waals surface area contributed by atoms with E-state index < -0.39 is 10.1 Å². The summed E-state index contributed by atoms with van der Waals surface area (Å²) in [5.41, 5.74) is 0.565. The van der Waals surface area contributed by atoms with Gasteiger partial charge in [0.1, 0.15) is 10.1 Å². The van der Waals surface area contributed by atoms with Gasteiger partial charge in [0.2, 0.25) is 0 Å². The van der Waals surface area contributed by atoms with Crippen LogP contribution < -0.4 is 103 Å². The fourth-order valence-electron chi connectivity index (χ4n) is 1.18. The molecule has 19 heavy (non-hydrogen) atoms. The molecule has 0 amide bonds. The zero-order chi connectivity index (χ0) is 12.6. The Morgan fingerprint density at radius 1 is 1.26 bits per heavy atom. The van der Waals surface area contributed by atoms with E-state index in [-0.39, 0.29) is 108 Å². The second-order valence-electron chi connectivity index (χ2n) is 2.99. The third-order valence-electron chi connectivity index (χ3n) is 1.90. The summed E-state index contributed by atoms with van der Waals surface area (Å²) >= 11 is 11.1. The Kier molecular flexibility index (Phi) is 10.0. The molecule has 0 atom stereocenters. The standard InChI is InChI=1S/C8H6N2O3S4.2K/c11-17(12,13)6-3-1-5(2-4-6)10-8(15)16-7(14)9-10;;/h1-4H,(H,9,14)(H,11,12,13);;/q;2*+1/p-2. The van der Waals surface area contributed by atoms with Crippen molar-refractivity contribution in [3.8, 4) is 5.69 Å². The van der Waals surface area contributed by atoms with Gasteiger partial charge in [0.15, 0.2) is 0 Å². The molecule has 0 unspecified atom stereocenters. The summed E-state index contributed by atoms with van der Waals surface area (Å²) in [7, 11) is -4.43. The molecule has 0 saturated heterocycles. The number of rotatable bonds is 2. The fraction of sp³-hybridized carbons (Fsp3) is 0. The zero-order valence-corrected chi connectivity index (χ0v) is 19.6. The molecule has 0 fully saturated rings. The predicted molar refractivity (Wildman–Crippen MR) is 65.9 cm³/mol. The molecular formula is C8H4K2N2O3S4. The largest absolute Gasteiger partial charge is 1.00 e. The Morgan fingerprint density at radius 3 is 2.16 bits per heavy atom. The molecule has 0 radical (unpaired) electrons. The minimum Gasteiger partial charge on any atom is -0.744 e. The Labute approximate surface area is 210 Å². The molecular weight excluding hydrogens is 379 g/mol. The first-order chi connectivity index (χ1) is 7.88. The number of benzene rings is 1. The van der Waals surface area contributed by atoms with Gasteiger partial charge in [-0.25, -0.2) is 13.1 Å². The van der Waals surface area contributed by atoms with Crippen LogP contribution in [0.4, 0.5) is 0 Å². The smallest absolute Gasteiger partial charge is 0.744 e. The zero-order valence-electron chi connectivity index (χ0n) is 10.1. The van der Waals surface area contributed by atoms with Crippen molar-refractivity contribution in [3.63, 3.8) is 0 Å². The number of nitrogens with zero attached hydrogens (tertiary/aromatic N) is 2. The van der Waals surface area contributed by atoms with E-state index in [1.54, 1.807) is 0 Å². The van der Waals surface area contributed by atoms with Gasteiger partial charge < -0.3 is 28.5 Å². The maximum absolute atomic E-state index is 10.7. The van der Waals surface area contributed by atoms with E-state index in [0.717, 1.165) is 0 Å². The Hall–Kier alpha value is 2.40. The fourth-order valence-corrected chi connectivity index (χ4v) is 3.01. The van der Waals surface area contributed by atoms with Crippen molar-refractivity contribution in [2.75, 3.05) is 0 Å². The van der Waals surface area contributed by atoms with Crippen LogP contribution in [0.2, 0.25) is 0 Å². The first kappa shape index (κ1) is 21.4. The van der Waals surface area contributed by atoms with E-state index in [2.05, 4.69) is 5.10 Å². The van der Waals surface area contributed by atoms with E-state index in [0.29, 0.717) is 14.0 Å². The molecule has 0 saturated carbocycles. The Bertz CT molecular complexity index is 708. The van der Waals surface area contributed by atoms with Crippen molar-refractivity contribution in [2.45, 2.75) is 9.24 Å². The van der Waals surface area contributed by atoms with E-state index in [4.69, 9.17) is 24.8 Å². The minimum atomic E-state index is -4.43. The van der Waals surface area contributed by atoms with Crippen LogP contribution in [0.15, 0.2) is 33.5 Å². The summed E-state index contributed by atoms with van der Waals surface area (Å²) in [4.78, 5) is -0.290. The molecule has 0 aliphatic heterocycles. The van der Waals surface area contributed by atoms with Crippen molar-refractivity contribution < 1.29 is 116 Å². The molecule has 0 aliphatic rings. The van der Waals surface area contributed by atoms with Crippen molar-refractivity contribution in [1.82, 2.24) is 9.78 Å². The van der Waals surface area contributed by atoms with E-state index in [9.17, 15) is 13.0 Å². The summed E-state index contributed by atoms with van der Waals surface area (Å²) in [5.74, 6) is 0. The van der Waals surface area contributed by atoms with Crippen LogP contribution in [-0.4, -0.2) is 22.8 Å². The van der Waals surface area contributed by atoms with Crippen LogP contribution in [0.25, 0.3) is 5.69 Å². The van der Waals surface area contributed by atoms with Crippen LogP contribution in [-0.2, 0) is 22.7 Å². The van der Waals surface area contributed by atoms with Gasteiger partial charge in [0.05, 0.1) is 14.5 Å². The topological polar surface area (TPSA) is 75.0 Å². The van der Waals surface area contributed by atoms with Gasteiger partial charge in [0.25, 0.3) is 0 Å². The Balaban J connectivity index is 0.00000162. The van der Waals surface area contributed by atoms with Crippen LogP contribution in [0, 0.1) is 3.95 Å². The van der Waals surface area contributed by atoms with Gasteiger partial charge in [-0.1, -0.05) is 12.2 Å². The van der Waals surface area contributed by atoms with Gasteiger partial charge in [-0.2, -0.15) is 5.10 Å². The summed E-state index contributed by atoms with van der Waals surface area (Å²) in [6.07, 6.45) is 0. The third kappa shape index (κ3) is 5.84. The predicted octanol–water partition coefficient (Wildman–Crippen LogP) is -4.52. The first-order valence-corrected chi connectivity index (χ1v) is 7.25. The quantitative estimate of drug-likeness (QED) is 0.226. The summed E-state index contributed by atoms with van der Waals surface area (Å²) in [5, 5.41) is 3.99. The summed E-state index contributed by atoms with van der Waals surface area (Å²) < 4.78 is 34.5. The molecule has 1 heterocycles. The third-order valence-corrected chi connectivity index (χ3v) is 4.11. The van der Waals surface area contributed by atoms with Gasteiger partial charge in [-0.05, 0) is 28.6 Å². The molecule has 0 bridgehead atoms. The molecule has 0 aliphatic carbocycles. The second-order valence-corrected chi connectivity index (χ2v) is 6.64. The Morgan fingerprint density at radius 2 is 1.79 bits per heavy atom. The monoisotopic (exact) mass is 382 g/mol. The summed E-state index contributed by atoms with van der Waals surface area (Å²) in [6, 6.07) is 5.33. The van der Waals surface area contributed by atoms with Crippen LogP contribution in [0.1, 0.15) is 0 Å². The van der Waals surface area contributed by atoms with Crippen molar-refractivity contribution in [2.24, 2.45) is 0 Å². The molecule has 2 aromatic rings. The molecule has 2 rings (SSSR count). The van der Waals surface area contributed by atoms with Crippen LogP contribution in [0.3, 0.4) is 0 Å². The van der Waals surface area contributed by atoms with E-state index in [1.165, 1.54) is 40.3 Å². The van der Waals surface area contributed by atoms with Crippen molar-refractivity contribution >= 4 is 46.3 Å². The molecule has 0 N–H and O–H groups in total. The van der Waals surface area contributed by atoms with Gasteiger partial charge in [-0.3, -0.25) is 0 Å². The van der Waals surface area contributed by atoms with Gasteiger partial charge in [-0.15, -0.1) is 0 Å². The molecule has 1 aromatic heterocycles. The minimum absolute atomic E-state index is 0. The van der Waals surface area contributed by atoms with Crippen LogP contribution in [0.5, 0.6) is 0 Å². The van der Waals surface area contributed by atoms with E-state index >= 15 is 0 Å². The normalized spacial score (nSPS) is 10.4.